The Morgan fingerprint density at radius 3 is 2.57 bits per heavy atom. The Kier molecular flexibility index (Phi) is 8.93. The van der Waals surface area contributed by atoms with Crippen LogP contribution in [-0.4, -0.2) is 61.0 Å². The molecular weight excluding hydrogens is 566 g/mol. The summed E-state index contributed by atoms with van der Waals surface area (Å²) in [6, 6.07) is 12.0. The van der Waals surface area contributed by atoms with Crippen molar-refractivity contribution in [2.75, 3.05) is 13.2 Å². The lowest BCUT2D eigenvalue weighted by Gasteiger charge is -2.35. The number of benzene rings is 1. The molecule has 0 radical (unpaired) electrons. The van der Waals surface area contributed by atoms with Crippen LogP contribution in [0.3, 0.4) is 0 Å². The fraction of sp³-hybridized carbons (Fsp3) is 0.355. The molecule has 3 aromatic heterocycles. The second kappa shape index (κ2) is 13.0. The van der Waals surface area contributed by atoms with Gasteiger partial charge in [0.15, 0.2) is 17.1 Å². The number of carbonyl (C=O) groups is 3. The van der Waals surface area contributed by atoms with Crippen molar-refractivity contribution in [1.29, 1.82) is 0 Å². The maximum Gasteiger partial charge on any atom is 0.347 e. The molecule has 0 fully saturated rings. The summed E-state index contributed by atoms with van der Waals surface area (Å²) in [6.07, 6.45) is 2.95. The van der Waals surface area contributed by atoms with Crippen LogP contribution in [-0.2, 0) is 17.9 Å². The van der Waals surface area contributed by atoms with E-state index in [-0.39, 0.29) is 35.5 Å². The van der Waals surface area contributed by atoms with Crippen LogP contribution in [0.4, 0.5) is 0 Å². The molecule has 0 aliphatic carbocycles. The van der Waals surface area contributed by atoms with Crippen LogP contribution < -0.4 is 26.5 Å². The molecule has 3 N–H and O–H groups in total. The van der Waals surface area contributed by atoms with Crippen LogP contribution in [0.1, 0.15) is 71.8 Å². The number of aromatic nitrogens is 4. The Morgan fingerprint density at radius 2 is 1.84 bits per heavy atom. The maximum absolute atomic E-state index is 13.6. The average Bonchev–Trinajstić information content (AvgIpc) is 3.39. The van der Waals surface area contributed by atoms with Crippen LogP contribution >= 0.6 is 0 Å². The van der Waals surface area contributed by atoms with Crippen LogP contribution in [0.25, 0.3) is 5.65 Å². The van der Waals surface area contributed by atoms with E-state index in [1.807, 2.05) is 20.8 Å². The molecule has 4 aromatic rings. The quantitative estimate of drug-likeness (QED) is 0.222. The third kappa shape index (κ3) is 6.12. The number of unbranched alkanes of at least 4 members (excludes halogenated alkanes) is 1. The van der Waals surface area contributed by atoms with Crippen LogP contribution in [0.15, 0.2) is 64.3 Å². The summed E-state index contributed by atoms with van der Waals surface area (Å²) in [7, 11) is 0. The van der Waals surface area contributed by atoms with Gasteiger partial charge in [-0.3, -0.25) is 19.2 Å². The molecule has 13 heteroatoms. The van der Waals surface area contributed by atoms with E-state index in [2.05, 4.69) is 20.8 Å². The Labute approximate surface area is 252 Å². The van der Waals surface area contributed by atoms with E-state index in [0.29, 0.717) is 36.6 Å². The first-order valence-corrected chi connectivity index (χ1v) is 14.6. The first-order valence-electron chi connectivity index (χ1n) is 14.6. The highest BCUT2D eigenvalue weighted by Crippen LogP contribution is 2.24. The second-order valence-electron chi connectivity index (χ2n) is 10.8. The molecule has 0 saturated carbocycles. The predicted octanol–water partition coefficient (Wildman–Crippen LogP) is 2.01. The zero-order valence-corrected chi connectivity index (χ0v) is 24.8. The van der Waals surface area contributed by atoms with Gasteiger partial charge in [-0.2, -0.15) is 5.10 Å². The van der Waals surface area contributed by atoms with E-state index < -0.39 is 29.0 Å². The Morgan fingerprint density at radius 1 is 1.07 bits per heavy atom. The Hall–Kier alpha value is -5.20. The van der Waals surface area contributed by atoms with Gasteiger partial charge in [-0.05, 0) is 38.0 Å². The summed E-state index contributed by atoms with van der Waals surface area (Å²) >= 11 is 0. The minimum Gasteiger partial charge on any atom is -0.487 e. The molecule has 0 spiro atoms. The molecule has 1 atom stereocenters. The zero-order valence-electron chi connectivity index (χ0n) is 24.8. The largest absolute Gasteiger partial charge is 0.487 e. The summed E-state index contributed by atoms with van der Waals surface area (Å²) in [6.45, 7) is 6.94. The van der Waals surface area contributed by atoms with Gasteiger partial charge < -0.3 is 24.8 Å². The molecule has 0 saturated heterocycles. The molecular formula is C31H35N7O6. The van der Waals surface area contributed by atoms with Crippen LogP contribution in [0.5, 0.6) is 5.75 Å². The molecule has 230 valence electrons. The van der Waals surface area contributed by atoms with Crippen LogP contribution in [0.2, 0.25) is 0 Å². The molecule has 13 nitrogen and oxygen atoms in total. The van der Waals surface area contributed by atoms with Crippen molar-refractivity contribution in [3.05, 3.63) is 98.0 Å². The number of amides is 3. The van der Waals surface area contributed by atoms with Gasteiger partial charge in [0.1, 0.15) is 6.04 Å². The Bertz CT molecular complexity index is 1810. The summed E-state index contributed by atoms with van der Waals surface area (Å²) < 4.78 is 8.76. The number of nitrogens with one attached hydrogen (secondary N) is 3. The minimum absolute atomic E-state index is 0.0204. The average molecular weight is 602 g/mol. The van der Waals surface area contributed by atoms with Crippen molar-refractivity contribution in [2.45, 2.75) is 58.8 Å². The Balaban J connectivity index is 1.42. The number of carbonyl (C=O) groups excluding carboxylic acids is 3. The van der Waals surface area contributed by atoms with Crippen molar-refractivity contribution in [3.63, 3.8) is 0 Å². The number of pyridine rings is 2. The number of nitrogens with zero attached hydrogens (tertiary/aromatic N) is 4. The van der Waals surface area contributed by atoms with Gasteiger partial charge in [0.2, 0.25) is 11.3 Å². The molecule has 3 amide bonds. The number of H-pyrrole nitrogens is 1. The van der Waals surface area contributed by atoms with E-state index in [0.717, 1.165) is 12.8 Å². The van der Waals surface area contributed by atoms with Gasteiger partial charge in [-0.15, -0.1) is 0 Å². The third-order valence-electron chi connectivity index (χ3n) is 7.54. The lowest BCUT2D eigenvalue weighted by Crippen LogP contribution is -2.47. The molecule has 0 unspecified atom stereocenters. The van der Waals surface area contributed by atoms with Crippen LogP contribution in [0, 0.1) is 0 Å². The van der Waals surface area contributed by atoms with Gasteiger partial charge in [-0.1, -0.05) is 43.7 Å². The standard InChI is InChI=1S/C31H35N7O6/c1-4-5-15-44-27-23(39)16-22(37-14-13-36(19(2)3)30(42)26(27)37)17-32-29(41)25(20-9-7-6-8-10-20)33-28(40)21-11-12-24-34-35-31(43)38(24)18-21/h6-12,16,18-19,25H,4-5,13-15,17H2,1-3H3,(H,32,41)(H,33,40)(H,35,43)/t25-/m1/s1. The summed E-state index contributed by atoms with van der Waals surface area (Å²) in [5.41, 5.74) is 0.718. The fourth-order valence-electron chi connectivity index (χ4n) is 5.17. The number of rotatable bonds is 11. The molecule has 4 heterocycles. The van der Waals surface area contributed by atoms with E-state index in [1.54, 1.807) is 39.8 Å². The lowest BCUT2D eigenvalue weighted by molar-refractivity contribution is -0.123. The van der Waals surface area contributed by atoms with Gasteiger partial charge in [0.25, 0.3) is 11.8 Å². The molecule has 1 aliphatic heterocycles. The SMILES string of the molecule is CCCCOc1c2n(c(CNC(=O)[C@H](NC(=O)c3ccc4n[nH]c(=O)n4c3)c3ccccc3)cc1=O)CCN(C(C)C)C2=O. The van der Waals surface area contributed by atoms with E-state index in [4.69, 9.17) is 4.74 Å². The highest BCUT2D eigenvalue weighted by molar-refractivity contribution is 5.98. The summed E-state index contributed by atoms with van der Waals surface area (Å²) in [4.78, 5) is 67.3. The van der Waals surface area contributed by atoms with Gasteiger partial charge in [-0.25, -0.2) is 14.3 Å². The van der Waals surface area contributed by atoms with E-state index in [1.165, 1.54) is 28.8 Å². The first kappa shape index (κ1) is 30.3. The molecule has 44 heavy (non-hydrogen) atoms. The van der Waals surface area contributed by atoms with Crippen molar-refractivity contribution in [1.82, 2.24) is 34.7 Å². The molecule has 1 aliphatic rings. The lowest BCUT2D eigenvalue weighted by atomic mass is 10.1. The number of hydrogen-bond donors (Lipinski definition) is 3. The van der Waals surface area contributed by atoms with Crippen molar-refractivity contribution < 1.29 is 19.1 Å². The monoisotopic (exact) mass is 601 g/mol. The van der Waals surface area contributed by atoms with Crippen molar-refractivity contribution in [2.24, 2.45) is 0 Å². The summed E-state index contributed by atoms with van der Waals surface area (Å²) in [5, 5.41) is 11.8. The number of hydrogen-bond acceptors (Lipinski definition) is 7. The van der Waals surface area contributed by atoms with Gasteiger partial charge in [0, 0.05) is 37.1 Å². The maximum atomic E-state index is 13.6. The van der Waals surface area contributed by atoms with Crippen molar-refractivity contribution in [3.8, 4) is 5.75 Å². The predicted molar refractivity (Wildman–Crippen MR) is 162 cm³/mol. The molecule has 1 aromatic carbocycles. The number of fused-ring (bicyclic) bond motifs is 2. The summed E-state index contributed by atoms with van der Waals surface area (Å²) in [5.74, 6) is -1.38. The molecule has 0 bridgehead atoms. The number of ether oxygens (including phenoxy) is 1. The smallest absolute Gasteiger partial charge is 0.347 e. The topological polar surface area (TPSA) is 160 Å². The van der Waals surface area contributed by atoms with E-state index >= 15 is 0 Å². The molecule has 5 rings (SSSR count). The highest BCUT2D eigenvalue weighted by atomic mass is 16.5. The first-order chi connectivity index (χ1) is 21.2. The minimum atomic E-state index is -1.09. The highest BCUT2D eigenvalue weighted by Gasteiger charge is 2.32. The van der Waals surface area contributed by atoms with Gasteiger partial charge >= 0.3 is 5.69 Å². The second-order valence-corrected chi connectivity index (χ2v) is 10.8. The third-order valence-corrected chi connectivity index (χ3v) is 7.54. The van der Waals surface area contributed by atoms with E-state index in [9.17, 15) is 24.0 Å². The van der Waals surface area contributed by atoms with Crippen molar-refractivity contribution >= 4 is 23.4 Å². The number of aromatic amines is 1. The zero-order chi connectivity index (χ0) is 31.4. The fourth-order valence-corrected chi connectivity index (χ4v) is 5.17. The van der Waals surface area contributed by atoms with Gasteiger partial charge in [0.05, 0.1) is 18.7 Å². The normalized spacial score (nSPS) is 13.5.